The molecule has 1 spiro atoms. The molecule has 8 heterocycles. The smallest absolute Gasteiger partial charge is 0.255 e. The second-order valence-electron chi connectivity index (χ2n) is 22.3. The van der Waals surface area contributed by atoms with Gasteiger partial charge in [0.25, 0.3) is 11.8 Å². The van der Waals surface area contributed by atoms with Crippen LogP contribution in [0, 0.1) is 34.3 Å². The van der Waals surface area contributed by atoms with Crippen molar-refractivity contribution in [3.63, 3.8) is 0 Å². The molecule has 2 aromatic carbocycles. The van der Waals surface area contributed by atoms with Gasteiger partial charge in [0.15, 0.2) is 0 Å². The highest BCUT2D eigenvalue weighted by atomic mass is 19.1. The number of aromatic nitrogens is 3. The zero-order valence-corrected chi connectivity index (χ0v) is 43.2. The summed E-state index contributed by atoms with van der Waals surface area (Å²) >= 11 is 0. The number of piperidine rings is 2. The first-order valence-electron chi connectivity index (χ1n) is 27.1. The van der Waals surface area contributed by atoms with Crippen LogP contribution in [0.5, 0.6) is 5.75 Å². The fourth-order valence-electron chi connectivity index (χ4n) is 13.5. The first-order valence-corrected chi connectivity index (χ1v) is 27.1. The average molecular weight is 1050 g/mol. The molecular weight excluding hydrogens is 987 g/mol. The van der Waals surface area contributed by atoms with Crippen molar-refractivity contribution in [1.29, 1.82) is 5.26 Å². The van der Waals surface area contributed by atoms with E-state index in [9.17, 15) is 38.0 Å². The Morgan fingerprint density at radius 1 is 0.870 bits per heavy atom. The van der Waals surface area contributed by atoms with E-state index in [0.717, 1.165) is 98.3 Å². The number of anilines is 2. The Morgan fingerprint density at radius 2 is 1.65 bits per heavy atom. The predicted molar refractivity (Wildman–Crippen MR) is 280 cm³/mol. The minimum atomic E-state index is -0.771. The number of hydrogen-bond acceptors (Lipinski definition) is 13. The van der Waals surface area contributed by atoms with Gasteiger partial charge in [0.2, 0.25) is 17.7 Å². The van der Waals surface area contributed by atoms with Gasteiger partial charge in [-0.1, -0.05) is 0 Å². The van der Waals surface area contributed by atoms with Crippen LogP contribution in [0.2, 0.25) is 0 Å². The number of rotatable bonds is 12. The highest BCUT2D eigenvalue weighted by Gasteiger charge is 2.57. The number of ether oxygens (including phenoxy) is 1. The third kappa shape index (κ3) is 9.61. The lowest BCUT2D eigenvalue weighted by Crippen LogP contribution is -2.65. The molecule has 1 unspecified atom stereocenters. The maximum absolute atomic E-state index is 15.0. The lowest BCUT2D eigenvalue weighted by Gasteiger charge is -2.61. The maximum atomic E-state index is 15.0. The van der Waals surface area contributed by atoms with Gasteiger partial charge >= 0.3 is 0 Å². The summed E-state index contributed by atoms with van der Waals surface area (Å²) in [5.74, 6) is -1.31. The molecule has 5 aromatic rings. The number of nitrogens with one attached hydrogen (secondary N) is 2. The Labute approximate surface area is 444 Å². The zero-order valence-electron chi connectivity index (χ0n) is 43.2. The molecule has 2 saturated carbocycles. The van der Waals surface area contributed by atoms with Gasteiger partial charge < -0.3 is 29.7 Å². The number of imide groups is 1. The van der Waals surface area contributed by atoms with Crippen molar-refractivity contribution in [1.82, 2.24) is 44.8 Å². The fourth-order valence-corrected chi connectivity index (χ4v) is 13.5. The van der Waals surface area contributed by atoms with Gasteiger partial charge in [-0.05, 0) is 117 Å². The molecule has 0 bridgehead atoms. The molecule has 2 aliphatic carbocycles. The van der Waals surface area contributed by atoms with Gasteiger partial charge in [-0.25, -0.2) is 18.3 Å². The number of nitrogens with zero attached hydrogens (tertiary/aromatic N) is 10. The van der Waals surface area contributed by atoms with Gasteiger partial charge in [-0.15, -0.1) is 0 Å². The summed E-state index contributed by atoms with van der Waals surface area (Å²) < 4.78 is 36.8. The molecule has 5 aliphatic heterocycles. The van der Waals surface area contributed by atoms with Crippen molar-refractivity contribution in [2.45, 2.75) is 82.5 Å². The standard InChI is InChI=1S/C57H62F2N12O6/c1-2-77-43-25-45(51-39(30-60)32-62-71(51)34-43)36-3-9-49(61-31-36)68-13-11-57(12-14-68,64-52(73)46-24-40(58)4-7-47(46)59)35-65-15-17-67(18-16-65)42-28-56(29-42)26-38(27-56)54(75)69-21-19-66(20-22-69)41-5-6-44-37(23-41)33-70(55(44)76)48-8-10-50(72)63-53(48)74/h3-7,9,23-25,31-32,34,38,42,48H,2,8,10-22,26-29,33,35H2,1H3,(H,64,73)(H,63,72,74). The topological polar surface area (TPSA) is 192 Å². The molecule has 2 N–H and O–H groups in total. The third-order valence-corrected chi connectivity index (χ3v) is 17.6. The van der Waals surface area contributed by atoms with Crippen molar-refractivity contribution >= 4 is 46.6 Å². The molecule has 18 nitrogen and oxygen atoms in total. The molecule has 0 radical (unpaired) electrons. The van der Waals surface area contributed by atoms with Crippen molar-refractivity contribution in [3.8, 4) is 22.9 Å². The van der Waals surface area contributed by atoms with Crippen LogP contribution in [-0.4, -0.2) is 160 Å². The van der Waals surface area contributed by atoms with E-state index in [0.29, 0.717) is 107 Å². The Balaban J connectivity index is 0.625. The van der Waals surface area contributed by atoms with E-state index in [4.69, 9.17) is 9.72 Å². The Bertz CT molecular complexity index is 3200. The molecule has 77 heavy (non-hydrogen) atoms. The van der Waals surface area contributed by atoms with Gasteiger partial charge in [-0.3, -0.25) is 39.1 Å². The molecule has 400 valence electrons. The molecule has 20 heteroatoms. The Hall–Kier alpha value is -7.50. The Morgan fingerprint density at radius 3 is 2.36 bits per heavy atom. The fraction of sp³-hybridized carbons (Fsp3) is 0.474. The van der Waals surface area contributed by atoms with Gasteiger partial charge in [0, 0.05) is 125 Å². The minimum absolute atomic E-state index is 0.0499. The summed E-state index contributed by atoms with van der Waals surface area (Å²) in [5.41, 5.74) is 4.35. The number of benzene rings is 2. The number of hydrogen-bond donors (Lipinski definition) is 2. The van der Waals surface area contributed by atoms with Crippen molar-refractivity contribution < 1.29 is 37.5 Å². The average Bonchev–Trinajstić information content (AvgIpc) is 4.03. The molecule has 1 atom stereocenters. The molecular formula is C57H62F2N12O6. The summed E-state index contributed by atoms with van der Waals surface area (Å²) in [5, 5.41) is 19.8. The SMILES string of the molecule is CCOc1cc(-c2ccc(N3CCC(CN4CCN(C5CC6(CC(C(=O)N7CCN(c8ccc9c(c8)CN(C8CCC(=O)NC8=O)C9=O)CC7)C6)C5)CC4)(NC(=O)c4cc(F)ccc4F)CC3)nc2)c2c(C#N)cnn2c1. The zero-order chi connectivity index (χ0) is 53.2. The quantitative estimate of drug-likeness (QED) is 0.159. The van der Waals surface area contributed by atoms with E-state index in [1.807, 2.05) is 48.2 Å². The Kier molecular flexibility index (Phi) is 13.2. The van der Waals surface area contributed by atoms with Crippen LogP contribution in [0.4, 0.5) is 20.3 Å². The number of pyridine rings is 2. The van der Waals surface area contributed by atoms with Gasteiger partial charge in [-0.2, -0.15) is 10.4 Å². The molecule has 5 amide bonds. The van der Waals surface area contributed by atoms with Crippen LogP contribution in [0.1, 0.15) is 90.1 Å². The highest BCUT2D eigenvalue weighted by Crippen LogP contribution is 2.60. The first kappa shape index (κ1) is 50.3. The van der Waals surface area contributed by atoms with Gasteiger partial charge in [0.1, 0.15) is 35.3 Å². The number of halogens is 2. The number of amides is 5. The highest BCUT2D eigenvalue weighted by molar-refractivity contribution is 6.05. The summed E-state index contributed by atoms with van der Waals surface area (Å²) in [6, 6.07) is 16.6. The van der Waals surface area contributed by atoms with E-state index in [-0.39, 0.29) is 41.0 Å². The summed E-state index contributed by atoms with van der Waals surface area (Å²) in [6.07, 6.45) is 10.8. The van der Waals surface area contributed by atoms with Crippen molar-refractivity contribution in [2.24, 2.45) is 11.3 Å². The lowest BCUT2D eigenvalue weighted by atomic mass is 9.49. The largest absolute Gasteiger partial charge is 0.492 e. The van der Waals surface area contributed by atoms with Crippen LogP contribution in [-0.2, 0) is 20.9 Å². The van der Waals surface area contributed by atoms with E-state index < -0.39 is 35.0 Å². The number of fused-ring (bicyclic) bond motifs is 2. The van der Waals surface area contributed by atoms with Crippen LogP contribution in [0.15, 0.2) is 73.2 Å². The van der Waals surface area contributed by atoms with Crippen LogP contribution >= 0.6 is 0 Å². The number of piperazine rings is 2. The predicted octanol–water partition coefficient (Wildman–Crippen LogP) is 5.00. The molecule has 3 aromatic heterocycles. The normalized spacial score (nSPS) is 24.5. The van der Waals surface area contributed by atoms with Gasteiger partial charge in [0.05, 0.1) is 41.2 Å². The monoisotopic (exact) mass is 1050 g/mol. The summed E-state index contributed by atoms with van der Waals surface area (Å²) in [4.78, 5) is 82.9. The van der Waals surface area contributed by atoms with Crippen LogP contribution in [0.3, 0.4) is 0 Å². The second-order valence-corrected chi connectivity index (χ2v) is 22.3. The van der Waals surface area contributed by atoms with Crippen molar-refractivity contribution in [2.75, 3.05) is 88.4 Å². The molecule has 4 saturated heterocycles. The maximum Gasteiger partial charge on any atom is 0.255 e. The second kappa shape index (κ2) is 20.1. The van der Waals surface area contributed by atoms with Crippen LogP contribution in [0.25, 0.3) is 16.6 Å². The van der Waals surface area contributed by atoms with Crippen molar-refractivity contribution in [3.05, 3.63) is 107 Å². The van der Waals surface area contributed by atoms with E-state index in [1.165, 1.54) is 6.20 Å². The summed E-state index contributed by atoms with van der Waals surface area (Å²) in [6.45, 7) is 10.5. The lowest BCUT2D eigenvalue weighted by molar-refractivity contribution is -0.154. The third-order valence-electron chi connectivity index (χ3n) is 17.6. The molecule has 12 rings (SSSR count). The van der Waals surface area contributed by atoms with E-state index in [1.54, 1.807) is 21.8 Å². The number of carbonyl (C=O) groups excluding carboxylic acids is 5. The number of nitriles is 1. The molecule has 7 aliphatic rings. The van der Waals surface area contributed by atoms with E-state index >= 15 is 0 Å². The van der Waals surface area contributed by atoms with E-state index in [2.05, 4.69) is 41.4 Å². The minimum Gasteiger partial charge on any atom is -0.492 e. The number of carbonyl (C=O) groups is 5. The molecule has 6 fully saturated rings. The van der Waals surface area contributed by atoms with Crippen LogP contribution < -0.4 is 25.2 Å². The first-order chi connectivity index (χ1) is 37.3. The summed E-state index contributed by atoms with van der Waals surface area (Å²) in [7, 11) is 0.